The van der Waals surface area contributed by atoms with E-state index in [1.807, 2.05) is 19.1 Å². The number of amides is 1. The molecule has 2 aromatic rings. The number of hydrogen-bond donors (Lipinski definition) is 0. The summed E-state index contributed by atoms with van der Waals surface area (Å²) >= 11 is 1.27. The fraction of sp³-hybridized carbons (Fsp3) is 0.261. The molecule has 1 aliphatic heterocycles. The summed E-state index contributed by atoms with van der Waals surface area (Å²) in [6.07, 6.45) is 1.79. The Morgan fingerprint density at radius 3 is 2.65 bits per heavy atom. The molecule has 7 nitrogen and oxygen atoms in total. The maximum Gasteiger partial charge on any atom is 0.338 e. The summed E-state index contributed by atoms with van der Waals surface area (Å²) in [5.74, 6) is 0.695. The molecular weight excluding hydrogens is 416 g/mol. The zero-order valence-electron chi connectivity index (χ0n) is 17.9. The number of carbonyl (C=O) groups excluding carboxylic acids is 2. The van der Waals surface area contributed by atoms with Crippen molar-refractivity contribution in [2.24, 2.45) is 4.99 Å². The molecule has 0 aliphatic carbocycles. The molecule has 0 atom stereocenters. The Bertz CT molecular complexity index is 1050. The molecule has 1 fully saturated rings. The number of ether oxygens (including phenoxy) is 3. The van der Waals surface area contributed by atoms with Gasteiger partial charge in [-0.05, 0) is 67.6 Å². The van der Waals surface area contributed by atoms with Crippen LogP contribution in [0.25, 0.3) is 6.08 Å². The van der Waals surface area contributed by atoms with Crippen molar-refractivity contribution in [3.8, 4) is 11.5 Å². The smallest absolute Gasteiger partial charge is 0.338 e. The van der Waals surface area contributed by atoms with Crippen LogP contribution in [-0.2, 0) is 9.53 Å². The number of carbonyl (C=O) groups is 2. The summed E-state index contributed by atoms with van der Waals surface area (Å²) in [4.78, 5) is 31.3. The normalized spacial score (nSPS) is 16.1. The second-order valence-corrected chi connectivity index (χ2v) is 7.49. The highest BCUT2D eigenvalue weighted by Crippen LogP contribution is 2.35. The zero-order chi connectivity index (χ0) is 22.4. The molecule has 0 radical (unpaired) electrons. The van der Waals surface area contributed by atoms with Crippen LogP contribution in [0.15, 0.2) is 52.4 Å². The minimum atomic E-state index is -0.404. The minimum Gasteiger partial charge on any atom is -0.493 e. The highest BCUT2D eigenvalue weighted by molar-refractivity contribution is 8.18. The summed E-state index contributed by atoms with van der Waals surface area (Å²) in [5.41, 5.74) is 1.80. The van der Waals surface area contributed by atoms with E-state index in [4.69, 9.17) is 14.2 Å². The van der Waals surface area contributed by atoms with Gasteiger partial charge >= 0.3 is 5.97 Å². The Kier molecular flexibility index (Phi) is 7.36. The number of rotatable bonds is 7. The van der Waals surface area contributed by atoms with Crippen molar-refractivity contribution in [2.45, 2.75) is 13.8 Å². The third-order valence-corrected chi connectivity index (χ3v) is 5.43. The average molecular weight is 441 g/mol. The summed E-state index contributed by atoms with van der Waals surface area (Å²) < 4.78 is 16.0. The lowest BCUT2D eigenvalue weighted by atomic mass is 10.2. The minimum absolute atomic E-state index is 0.154. The lowest BCUT2D eigenvalue weighted by Crippen LogP contribution is -2.23. The Morgan fingerprint density at radius 1 is 1.13 bits per heavy atom. The van der Waals surface area contributed by atoms with Crippen molar-refractivity contribution in [1.29, 1.82) is 0 Å². The van der Waals surface area contributed by atoms with Gasteiger partial charge in [-0.1, -0.05) is 12.1 Å². The van der Waals surface area contributed by atoms with E-state index >= 15 is 0 Å². The predicted molar refractivity (Wildman–Crippen MR) is 122 cm³/mol. The first-order chi connectivity index (χ1) is 15.0. The van der Waals surface area contributed by atoms with Crippen LogP contribution in [0.4, 0.5) is 5.69 Å². The summed E-state index contributed by atoms with van der Waals surface area (Å²) in [6, 6.07) is 12.3. The van der Waals surface area contributed by atoms with Crippen molar-refractivity contribution < 1.29 is 23.8 Å². The van der Waals surface area contributed by atoms with Gasteiger partial charge in [0.2, 0.25) is 0 Å². The van der Waals surface area contributed by atoms with Gasteiger partial charge < -0.3 is 14.2 Å². The lowest BCUT2D eigenvalue weighted by molar-refractivity contribution is -0.121. The average Bonchev–Trinajstić information content (AvgIpc) is 3.02. The quantitative estimate of drug-likeness (QED) is 0.466. The zero-order valence-corrected chi connectivity index (χ0v) is 18.7. The number of likely N-dealkylation sites (N-methyl/N-ethyl adjacent to an activating group) is 1. The Hall–Kier alpha value is -3.26. The van der Waals surface area contributed by atoms with Crippen LogP contribution in [0.5, 0.6) is 11.5 Å². The monoisotopic (exact) mass is 440 g/mol. The summed E-state index contributed by atoms with van der Waals surface area (Å²) in [6.45, 7) is 4.46. The number of benzene rings is 2. The van der Waals surface area contributed by atoms with E-state index < -0.39 is 5.97 Å². The third kappa shape index (κ3) is 5.27. The molecule has 0 N–H and O–H groups in total. The van der Waals surface area contributed by atoms with Crippen molar-refractivity contribution >= 4 is 40.6 Å². The Morgan fingerprint density at radius 2 is 1.94 bits per heavy atom. The number of hydrogen-bond acceptors (Lipinski definition) is 7. The molecule has 3 rings (SSSR count). The number of aliphatic imine (C=N–C) groups is 1. The summed E-state index contributed by atoms with van der Waals surface area (Å²) in [5, 5.41) is 0.524. The molecule has 1 heterocycles. The van der Waals surface area contributed by atoms with Crippen LogP contribution in [0, 0.1) is 0 Å². The standard InChI is InChI=1S/C23H24N2O5S/c1-5-29-19-12-15(10-11-18(19)28-4)13-20-21(26)25(3)23(31-20)24-17-9-7-8-16(14-17)22(27)30-6-2/h7-14H,5-6H2,1-4H3. The molecule has 2 aromatic carbocycles. The van der Waals surface area contributed by atoms with Gasteiger partial charge in [-0.15, -0.1) is 0 Å². The van der Waals surface area contributed by atoms with Crippen LogP contribution >= 0.6 is 11.8 Å². The molecule has 0 saturated carbocycles. The van der Waals surface area contributed by atoms with Gasteiger partial charge in [0.05, 0.1) is 36.5 Å². The molecule has 0 spiro atoms. The Balaban J connectivity index is 1.86. The van der Waals surface area contributed by atoms with Crippen LogP contribution in [0.2, 0.25) is 0 Å². The second kappa shape index (κ2) is 10.2. The second-order valence-electron chi connectivity index (χ2n) is 6.48. The first-order valence-electron chi connectivity index (χ1n) is 9.81. The SMILES string of the molecule is CCOC(=O)c1cccc(N=C2SC(=Cc3ccc(OC)c(OCC)c3)C(=O)N2C)c1. The van der Waals surface area contributed by atoms with Gasteiger partial charge in [-0.2, -0.15) is 0 Å². The maximum atomic E-state index is 12.7. The summed E-state index contributed by atoms with van der Waals surface area (Å²) in [7, 11) is 3.25. The first kappa shape index (κ1) is 22.4. The van der Waals surface area contributed by atoms with Crippen molar-refractivity contribution in [3.05, 3.63) is 58.5 Å². The molecule has 0 bridgehead atoms. The number of thioether (sulfide) groups is 1. The predicted octanol–water partition coefficient (Wildman–Crippen LogP) is 4.50. The molecule has 8 heteroatoms. The molecule has 1 saturated heterocycles. The molecule has 1 aliphatic rings. The van der Waals surface area contributed by atoms with E-state index in [-0.39, 0.29) is 5.91 Å². The van der Waals surface area contributed by atoms with Gasteiger partial charge in [0.15, 0.2) is 16.7 Å². The van der Waals surface area contributed by atoms with Crippen LogP contribution in [0.3, 0.4) is 0 Å². The molecule has 0 aromatic heterocycles. The Labute approximate surface area is 185 Å². The van der Waals surface area contributed by atoms with E-state index in [0.717, 1.165) is 5.56 Å². The molecule has 162 valence electrons. The fourth-order valence-electron chi connectivity index (χ4n) is 2.88. The fourth-order valence-corrected chi connectivity index (χ4v) is 3.87. The van der Waals surface area contributed by atoms with Crippen molar-refractivity contribution in [3.63, 3.8) is 0 Å². The number of nitrogens with zero attached hydrogens (tertiary/aromatic N) is 2. The van der Waals surface area contributed by atoms with E-state index in [9.17, 15) is 9.59 Å². The van der Waals surface area contributed by atoms with Crippen molar-refractivity contribution in [2.75, 3.05) is 27.4 Å². The molecular formula is C23H24N2O5S. The van der Waals surface area contributed by atoms with Gasteiger partial charge in [-0.3, -0.25) is 9.69 Å². The number of methoxy groups -OCH3 is 1. The van der Waals surface area contributed by atoms with Crippen LogP contribution < -0.4 is 9.47 Å². The number of esters is 1. The van der Waals surface area contributed by atoms with E-state index in [1.54, 1.807) is 57.5 Å². The van der Waals surface area contributed by atoms with Gasteiger partial charge in [-0.25, -0.2) is 9.79 Å². The number of amidine groups is 1. The van der Waals surface area contributed by atoms with Gasteiger partial charge in [0, 0.05) is 7.05 Å². The highest BCUT2D eigenvalue weighted by Gasteiger charge is 2.30. The van der Waals surface area contributed by atoms with Crippen LogP contribution in [-0.4, -0.2) is 49.3 Å². The van der Waals surface area contributed by atoms with Crippen molar-refractivity contribution in [1.82, 2.24) is 4.90 Å². The largest absolute Gasteiger partial charge is 0.493 e. The third-order valence-electron chi connectivity index (χ3n) is 4.37. The van der Waals surface area contributed by atoms with Crippen LogP contribution in [0.1, 0.15) is 29.8 Å². The highest BCUT2D eigenvalue weighted by atomic mass is 32.2. The lowest BCUT2D eigenvalue weighted by Gasteiger charge is -2.09. The first-order valence-corrected chi connectivity index (χ1v) is 10.6. The topological polar surface area (TPSA) is 77.4 Å². The van der Waals surface area contributed by atoms with E-state index in [0.29, 0.717) is 46.0 Å². The molecule has 31 heavy (non-hydrogen) atoms. The van der Waals surface area contributed by atoms with Gasteiger partial charge in [0.1, 0.15) is 0 Å². The molecule has 1 amide bonds. The maximum absolute atomic E-state index is 12.7. The van der Waals surface area contributed by atoms with Gasteiger partial charge in [0.25, 0.3) is 5.91 Å². The molecule has 0 unspecified atom stereocenters. The van der Waals surface area contributed by atoms with E-state index in [2.05, 4.69) is 4.99 Å². The van der Waals surface area contributed by atoms with E-state index in [1.165, 1.54) is 16.7 Å².